The van der Waals surface area contributed by atoms with E-state index in [2.05, 4.69) is 0 Å². The Hall–Kier alpha value is 2.05. The third-order valence-corrected chi connectivity index (χ3v) is 0. The standard InChI is InChI=1S/Al.3Co. The Kier molecular flexibility index (Phi) is 181. The van der Waals surface area contributed by atoms with Gasteiger partial charge in [-0.2, -0.15) is 0 Å². The Morgan fingerprint density at radius 1 is 0.500 bits per heavy atom. The first kappa shape index (κ1) is 36.7. The summed E-state index contributed by atoms with van der Waals surface area (Å²) in [7, 11) is 0. The molecule has 0 saturated carbocycles. The molecule has 0 fully saturated rings. The first-order chi connectivity index (χ1) is 0. The quantitative estimate of drug-likeness (QED) is 0.471. The maximum Gasteiger partial charge on any atom is 0 e. The average molecular weight is 204 g/mol. The second kappa shape index (κ2) is 19.7. The van der Waals surface area contributed by atoms with Gasteiger partial charge in [0.25, 0.3) is 0 Å². The van der Waals surface area contributed by atoms with E-state index in [0.29, 0.717) is 0 Å². The molecule has 0 amide bonds. The monoisotopic (exact) mass is 204 g/mol. The molecule has 0 aliphatic carbocycles. The van der Waals surface area contributed by atoms with Crippen LogP contribution in [0.5, 0.6) is 0 Å². The fraction of sp³-hybridized carbons (Fsp3) is 0. The third kappa shape index (κ3) is 8.96. The van der Waals surface area contributed by atoms with Crippen molar-refractivity contribution in [3.05, 3.63) is 0 Å². The Morgan fingerprint density at radius 3 is 0.500 bits per heavy atom. The molecular weight excluding hydrogens is 204 g/mol. The van der Waals surface area contributed by atoms with Gasteiger partial charge in [0, 0.05) is 67.7 Å². The summed E-state index contributed by atoms with van der Waals surface area (Å²) in [5.74, 6) is 0. The fourth-order valence-corrected chi connectivity index (χ4v) is 0. The van der Waals surface area contributed by atoms with E-state index in [9.17, 15) is 0 Å². The van der Waals surface area contributed by atoms with Gasteiger partial charge in [0.2, 0.25) is 0 Å². The van der Waals surface area contributed by atoms with Gasteiger partial charge >= 0.3 is 0 Å². The van der Waals surface area contributed by atoms with Crippen molar-refractivity contribution in [2.75, 3.05) is 0 Å². The summed E-state index contributed by atoms with van der Waals surface area (Å²) >= 11 is 0. The van der Waals surface area contributed by atoms with Crippen LogP contribution in [0.15, 0.2) is 0 Å². The summed E-state index contributed by atoms with van der Waals surface area (Å²) in [4.78, 5) is 0. The SMILES string of the molecule is [Al].[Co].[Co].[Co]. The van der Waals surface area contributed by atoms with Gasteiger partial charge in [-0.05, 0) is 0 Å². The summed E-state index contributed by atoms with van der Waals surface area (Å²) < 4.78 is 0. The molecule has 0 aromatic carbocycles. The van der Waals surface area contributed by atoms with Crippen molar-refractivity contribution >= 4 is 17.4 Å². The van der Waals surface area contributed by atoms with Crippen LogP contribution >= 0.6 is 0 Å². The minimum atomic E-state index is 0. The van der Waals surface area contributed by atoms with Gasteiger partial charge in [0.15, 0.2) is 0 Å². The van der Waals surface area contributed by atoms with Crippen molar-refractivity contribution in [3.63, 3.8) is 0 Å². The van der Waals surface area contributed by atoms with E-state index in [-0.39, 0.29) is 67.7 Å². The van der Waals surface area contributed by atoms with Crippen LogP contribution in [0.25, 0.3) is 0 Å². The van der Waals surface area contributed by atoms with Gasteiger partial charge in [-0.15, -0.1) is 0 Å². The Morgan fingerprint density at radius 2 is 0.500 bits per heavy atom. The first-order valence-electron chi connectivity index (χ1n) is 0. The molecule has 0 aliphatic heterocycles. The van der Waals surface area contributed by atoms with Gasteiger partial charge in [-0.3, -0.25) is 0 Å². The van der Waals surface area contributed by atoms with Crippen LogP contribution in [0.3, 0.4) is 0 Å². The molecule has 0 aromatic heterocycles. The third-order valence-electron chi connectivity index (χ3n) is 0. The van der Waals surface area contributed by atoms with E-state index in [4.69, 9.17) is 0 Å². The smallest absolute Gasteiger partial charge is 0 e. The van der Waals surface area contributed by atoms with E-state index in [1.165, 1.54) is 0 Å². The summed E-state index contributed by atoms with van der Waals surface area (Å²) in [6, 6.07) is 0. The van der Waals surface area contributed by atoms with Crippen molar-refractivity contribution in [3.8, 4) is 0 Å². The summed E-state index contributed by atoms with van der Waals surface area (Å²) in [6.07, 6.45) is 0. The molecule has 0 aliphatic rings. The zero-order valence-electron chi connectivity index (χ0n) is 1.58. The molecule has 0 saturated heterocycles. The van der Waals surface area contributed by atoms with Crippen LogP contribution in [0, 0.1) is 0 Å². The van der Waals surface area contributed by atoms with Gasteiger partial charge in [-0.25, -0.2) is 0 Å². The molecule has 0 atom stereocenters. The Labute approximate surface area is 67.2 Å². The topological polar surface area (TPSA) is 0 Å². The van der Waals surface area contributed by atoms with Gasteiger partial charge in [-0.1, -0.05) is 0 Å². The van der Waals surface area contributed by atoms with Crippen LogP contribution in [0.4, 0.5) is 0 Å². The minimum absolute atomic E-state index is 0. The maximum absolute atomic E-state index is 0. The summed E-state index contributed by atoms with van der Waals surface area (Å²) in [5, 5.41) is 0. The number of hydrogen-bond acceptors (Lipinski definition) is 0. The first-order valence-corrected chi connectivity index (χ1v) is 0. The van der Waals surface area contributed by atoms with E-state index in [0.717, 1.165) is 0 Å². The van der Waals surface area contributed by atoms with E-state index >= 15 is 0 Å². The minimum Gasteiger partial charge on any atom is 0 e. The van der Waals surface area contributed by atoms with Crippen LogP contribution in [-0.2, 0) is 50.3 Å². The van der Waals surface area contributed by atoms with Crippen molar-refractivity contribution in [2.45, 2.75) is 0 Å². The molecule has 0 spiro atoms. The van der Waals surface area contributed by atoms with E-state index in [1.807, 2.05) is 0 Å². The molecule has 6 radical (unpaired) electrons. The normalized spacial score (nSPS) is 0. The Balaban J connectivity index is 0. The zero-order chi connectivity index (χ0) is 0. The van der Waals surface area contributed by atoms with Crippen molar-refractivity contribution < 1.29 is 50.3 Å². The molecule has 0 nitrogen and oxygen atoms in total. The summed E-state index contributed by atoms with van der Waals surface area (Å²) in [6.45, 7) is 0. The molecule has 0 unspecified atom stereocenters. The second-order valence-corrected chi connectivity index (χ2v) is 0. The number of rotatable bonds is 0. The molecule has 0 N–H and O–H groups in total. The molecule has 4 heavy (non-hydrogen) atoms. The van der Waals surface area contributed by atoms with Crippen LogP contribution in [-0.4, -0.2) is 17.4 Å². The average Bonchev–Trinajstić information content (AvgIpc) is 0. The Bertz CT molecular complexity index is 3.25. The number of hydrogen-bond donors (Lipinski definition) is 0. The predicted octanol–water partition coefficient (Wildman–Crippen LogP) is -0.388. The van der Waals surface area contributed by atoms with Gasteiger partial charge < -0.3 is 0 Å². The van der Waals surface area contributed by atoms with E-state index < -0.39 is 0 Å². The van der Waals surface area contributed by atoms with E-state index in [1.54, 1.807) is 0 Å². The molecule has 4 heteroatoms. The van der Waals surface area contributed by atoms with Crippen molar-refractivity contribution in [1.82, 2.24) is 0 Å². The molecule has 0 rings (SSSR count). The zero-order valence-corrected chi connectivity index (χ0v) is 5.86. The predicted molar refractivity (Wildman–Crippen MR) is 5.75 cm³/mol. The van der Waals surface area contributed by atoms with Gasteiger partial charge in [0.1, 0.15) is 0 Å². The molecule has 0 heterocycles. The molecule has 30 valence electrons. The molecular formula is AlCo3. The second-order valence-electron chi connectivity index (χ2n) is 0. The van der Waals surface area contributed by atoms with Crippen LogP contribution in [0.2, 0.25) is 0 Å². The summed E-state index contributed by atoms with van der Waals surface area (Å²) in [5.41, 5.74) is 0. The fourth-order valence-electron chi connectivity index (χ4n) is 0. The maximum atomic E-state index is 0. The largest absolute Gasteiger partial charge is 0 e. The van der Waals surface area contributed by atoms with Crippen molar-refractivity contribution in [1.29, 1.82) is 0 Å². The van der Waals surface area contributed by atoms with Gasteiger partial charge in [0.05, 0.1) is 0 Å². The van der Waals surface area contributed by atoms with Crippen LogP contribution in [0.1, 0.15) is 0 Å². The van der Waals surface area contributed by atoms with Crippen LogP contribution < -0.4 is 0 Å². The van der Waals surface area contributed by atoms with Crippen molar-refractivity contribution in [2.24, 2.45) is 0 Å². The molecule has 0 aromatic rings. The molecule has 0 bridgehead atoms.